The second-order valence-electron chi connectivity index (χ2n) is 10.5. The predicted molar refractivity (Wildman–Crippen MR) is 174 cm³/mol. The van der Waals surface area contributed by atoms with Gasteiger partial charge in [-0.2, -0.15) is 0 Å². The van der Waals surface area contributed by atoms with Crippen molar-refractivity contribution in [3.63, 3.8) is 0 Å². The van der Waals surface area contributed by atoms with Gasteiger partial charge in [0.05, 0.1) is 40.5 Å². The van der Waals surface area contributed by atoms with E-state index in [9.17, 15) is 4.79 Å². The number of nitrogens with one attached hydrogen (secondary N) is 1. The number of carbonyl (C=O) groups excluding carboxylic acids is 2. The number of methoxy groups -OCH3 is 4. The van der Waals surface area contributed by atoms with Crippen molar-refractivity contribution in [2.45, 2.75) is 32.4 Å². The van der Waals surface area contributed by atoms with Crippen molar-refractivity contribution >= 4 is 12.7 Å². The Kier molecular flexibility index (Phi) is 13.5. The topological polar surface area (TPSA) is 157 Å². The molecule has 3 aromatic rings. The normalized spacial score (nSPS) is 16.0. The highest BCUT2D eigenvalue weighted by atomic mass is 16.7. The first-order valence-electron chi connectivity index (χ1n) is 14.6. The predicted octanol–water partition coefficient (Wildman–Crippen LogP) is 3.79. The molecule has 2 atom stereocenters. The van der Waals surface area contributed by atoms with Gasteiger partial charge in [-0.15, -0.1) is 0 Å². The average molecular weight is 637 g/mol. The van der Waals surface area contributed by atoms with E-state index in [-0.39, 0.29) is 30.4 Å². The Morgan fingerprint density at radius 2 is 1.63 bits per heavy atom. The molecule has 0 saturated heterocycles. The Bertz CT molecular complexity index is 1440. The van der Waals surface area contributed by atoms with E-state index in [1.165, 1.54) is 16.8 Å². The second kappa shape index (κ2) is 17.5. The summed E-state index contributed by atoms with van der Waals surface area (Å²) in [6.07, 6.45) is 3.22. The fourth-order valence-corrected chi connectivity index (χ4v) is 5.29. The van der Waals surface area contributed by atoms with Crippen LogP contribution in [0.4, 0.5) is 0 Å². The van der Waals surface area contributed by atoms with Gasteiger partial charge in [-0.1, -0.05) is 35.9 Å². The molecule has 0 fully saturated rings. The summed E-state index contributed by atoms with van der Waals surface area (Å²) in [5.74, 6) is 9.23. The lowest BCUT2D eigenvalue weighted by molar-refractivity contribution is -0.119. The van der Waals surface area contributed by atoms with E-state index in [4.69, 9.17) is 44.8 Å². The van der Waals surface area contributed by atoms with Crippen LogP contribution in [0.5, 0.6) is 28.7 Å². The molecule has 3 aromatic carbocycles. The molecule has 5 N–H and O–H groups in total. The van der Waals surface area contributed by atoms with Gasteiger partial charge in [0.1, 0.15) is 12.5 Å². The molecular weight excluding hydrogens is 592 g/mol. The van der Waals surface area contributed by atoms with Crippen molar-refractivity contribution in [1.82, 2.24) is 10.3 Å². The Balaban J connectivity index is 0.000000345. The fourth-order valence-electron chi connectivity index (χ4n) is 5.29. The molecule has 0 spiro atoms. The Morgan fingerprint density at radius 3 is 2.22 bits per heavy atom. The molecule has 0 radical (unpaired) electrons. The highest BCUT2D eigenvalue weighted by Crippen LogP contribution is 2.42. The maximum absolute atomic E-state index is 13.0. The first-order chi connectivity index (χ1) is 22.3. The number of hydrazine groups is 1. The molecule has 46 heavy (non-hydrogen) atoms. The molecule has 248 valence electrons. The van der Waals surface area contributed by atoms with Gasteiger partial charge in [-0.25, -0.2) is 5.84 Å². The van der Waals surface area contributed by atoms with Crippen LogP contribution in [0.2, 0.25) is 0 Å². The maximum atomic E-state index is 13.0. The van der Waals surface area contributed by atoms with Crippen molar-refractivity contribution in [1.29, 1.82) is 0 Å². The minimum absolute atomic E-state index is 0.0450. The van der Waals surface area contributed by atoms with Crippen LogP contribution in [-0.2, 0) is 27.3 Å². The summed E-state index contributed by atoms with van der Waals surface area (Å²) >= 11 is 0. The summed E-state index contributed by atoms with van der Waals surface area (Å²) in [5, 5.41) is 4.50. The van der Waals surface area contributed by atoms with E-state index < -0.39 is 0 Å². The monoisotopic (exact) mass is 636 g/mol. The summed E-state index contributed by atoms with van der Waals surface area (Å²) in [6.45, 7) is 5.20. The lowest BCUT2D eigenvalue weighted by atomic mass is 9.79. The van der Waals surface area contributed by atoms with E-state index in [2.05, 4.69) is 5.32 Å². The number of carbonyl (C=O) groups is 2. The van der Waals surface area contributed by atoms with E-state index >= 15 is 0 Å². The van der Waals surface area contributed by atoms with Gasteiger partial charge in [0, 0.05) is 19.2 Å². The number of aryl methyl sites for hydroxylation is 2. The number of fused-ring (bicyclic) bond motifs is 2. The van der Waals surface area contributed by atoms with E-state index in [0.29, 0.717) is 36.1 Å². The number of nitrogens with two attached hydrogens (primary N) is 2. The standard InChI is InChI=1S/C24H30N4O4.C9H12O3.CH2O/c1-15-3-5-16(6-4-15)11-28(26)12-20(25)24(29)27-23-18(13-30-2)8-7-17-9-21-22(10-19(17)23)32-14-31-21;1-10-7-5-4-6-8(11-2)9(7)12-3;1-2/h3-6,9-10,12,18,23H,7-8,11,13-14,25-26H2,1-2H3,(H,27,29);4-6H,1-3H3;1H2/b20-12-;;. The second-order valence-corrected chi connectivity index (χ2v) is 10.5. The van der Waals surface area contributed by atoms with Crippen molar-refractivity contribution in [3.8, 4) is 28.7 Å². The molecule has 0 bridgehead atoms. The zero-order chi connectivity index (χ0) is 33.6. The third-order valence-corrected chi connectivity index (χ3v) is 7.53. The molecule has 1 aliphatic carbocycles. The molecule has 0 aromatic heterocycles. The van der Waals surface area contributed by atoms with Gasteiger partial charge in [0.2, 0.25) is 12.5 Å². The van der Waals surface area contributed by atoms with Crippen molar-refractivity contribution in [3.05, 3.63) is 88.7 Å². The summed E-state index contributed by atoms with van der Waals surface area (Å²) in [5.41, 5.74) is 10.5. The van der Waals surface area contributed by atoms with Crippen LogP contribution in [0.25, 0.3) is 0 Å². The number of hydrogen-bond acceptors (Lipinski definition) is 11. The molecule has 12 heteroatoms. The zero-order valence-corrected chi connectivity index (χ0v) is 27.0. The van der Waals surface area contributed by atoms with Gasteiger partial charge in [0.25, 0.3) is 5.91 Å². The number of para-hydroxylation sites is 1. The highest BCUT2D eigenvalue weighted by molar-refractivity contribution is 5.92. The minimum Gasteiger partial charge on any atom is -0.493 e. The van der Waals surface area contributed by atoms with Crippen LogP contribution in [0.15, 0.2) is 66.5 Å². The van der Waals surface area contributed by atoms with Crippen LogP contribution >= 0.6 is 0 Å². The summed E-state index contributed by atoms with van der Waals surface area (Å²) in [4.78, 5) is 21.0. The number of benzene rings is 3. The van der Waals surface area contributed by atoms with Crippen LogP contribution in [0.1, 0.15) is 34.7 Å². The lowest BCUT2D eigenvalue weighted by Crippen LogP contribution is -2.40. The van der Waals surface area contributed by atoms with Gasteiger partial charge in [0.15, 0.2) is 23.0 Å². The van der Waals surface area contributed by atoms with Crippen molar-refractivity contribution in [2.24, 2.45) is 17.5 Å². The molecule has 2 aliphatic rings. The largest absolute Gasteiger partial charge is 0.493 e. The van der Waals surface area contributed by atoms with Crippen LogP contribution in [0.3, 0.4) is 0 Å². The van der Waals surface area contributed by atoms with Gasteiger partial charge < -0.3 is 49.3 Å². The Labute approximate surface area is 270 Å². The van der Waals surface area contributed by atoms with Crippen LogP contribution in [0, 0.1) is 12.8 Å². The molecule has 0 saturated carbocycles. The molecule has 1 aliphatic heterocycles. The summed E-state index contributed by atoms with van der Waals surface area (Å²) < 4.78 is 31.7. The number of hydrogen-bond donors (Lipinski definition) is 3. The van der Waals surface area contributed by atoms with E-state index in [0.717, 1.165) is 35.3 Å². The minimum atomic E-state index is -0.374. The van der Waals surface area contributed by atoms with Crippen molar-refractivity contribution < 1.29 is 38.0 Å². The zero-order valence-electron chi connectivity index (χ0n) is 27.0. The van der Waals surface area contributed by atoms with Crippen LogP contribution < -0.4 is 40.6 Å². The third-order valence-electron chi connectivity index (χ3n) is 7.53. The molecule has 2 unspecified atom stereocenters. The summed E-state index contributed by atoms with van der Waals surface area (Å²) in [6, 6.07) is 17.2. The quantitative estimate of drug-likeness (QED) is 0.169. The number of nitrogens with zero attached hydrogens (tertiary/aromatic N) is 1. The van der Waals surface area contributed by atoms with Gasteiger partial charge >= 0.3 is 0 Å². The lowest BCUT2D eigenvalue weighted by Gasteiger charge is -2.34. The number of rotatable bonds is 10. The molecular formula is C34H44N4O8. The van der Waals surface area contributed by atoms with E-state index in [1.807, 2.05) is 68.3 Å². The molecule has 12 nitrogen and oxygen atoms in total. The van der Waals surface area contributed by atoms with Crippen LogP contribution in [-0.4, -0.2) is 59.5 Å². The first-order valence-corrected chi connectivity index (χ1v) is 14.6. The number of ether oxygens (including phenoxy) is 6. The molecule has 5 rings (SSSR count). The van der Waals surface area contributed by atoms with Crippen molar-refractivity contribution in [2.75, 3.05) is 41.8 Å². The summed E-state index contributed by atoms with van der Waals surface area (Å²) in [7, 11) is 6.44. The number of amides is 1. The van der Waals surface area contributed by atoms with Gasteiger partial charge in [-0.05, 0) is 60.7 Å². The fraction of sp³-hybridized carbons (Fsp3) is 0.353. The van der Waals surface area contributed by atoms with E-state index in [1.54, 1.807) is 28.4 Å². The van der Waals surface area contributed by atoms with Gasteiger partial charge in [-0.3, -0.25) is 4.79 Å². The Morgan fingerprint density at radius 1 is 1.00 bits per heavy atom. The maximum Gasteiger partial charge on any atom is 0.269 e. The molecule has 1 amide bonds. The third kappa shape index (κ3) is 9.05. The average Bonchev–Trinajstić information content (AvgIpc) is 3.54. The molecule has 1 heterocycles. The smallest absolute Gasteiger partial charge is 0.269 e. The highest BCUT2D eigenvalue weighted by Gasteiger charge is 2.33. The first kappa shape index (κ1) is 35.5. The Hall–Kier alpha value is -4.94. The SMILES string of the molecule is C=O.COCC1CCc2cc3c(cc2C1NC(=O)/C(N)=C/N(N)Cc1ccc(C)cc1)OCO3.COc1cccc(OC)c1OC.